The molecule has 4 nitrogen and oxygen atoms in total. The van der Waals surface area contributed by atoms with E-state index in [2.05, 4.69) is 5.32 Å². The Labute approximate surface area is 90.5 Å². The van der Waals surface area contributed by atoms with Gasteiger partial charge in [-0.15, -0.1) is 0 Å². The highest BCUT2D eigenvalue weighted by atomic mass is 16.2. The van der Waals surface area contributed by atoms with Crippen LogP contribution in [0.4, 0.5) is 4.79 Å². The SMILES string of the molecule is CC(C)N1C(=O)NC(=N)C12CCCCC2. The van der Waals surface area contributed by atoms with Crippen molar-refractivity contribution in [2.45, 2.75) is 57.5 Å². The van der Waals surface area contributed by atoms with Gasteiger partial charge in [0.15, 0.2) is 0 Å². The number of carbonyl (C=O) groups excluding carboxylic acids is 1. The molecule has 2 fully saturated rings. The third-order valence-corrected chi connectivity index (χ3v) is 3.57. The van der Waals surface area contributed by atoms with Gasteiger partial charge in [-0.3, -0.25) is 10.7 Å². The summed E-state index contributed by atoms with van der Waals surface area (Å²) in [6, 6.07) is 0.0860. The van der Waals surface area contributed by atoms with Gasteiger partial charge in [0.05, 0.1) is 0 Å². The van der Waals surface area contributed by atoms with Crippen LogP contribution in [0.3, 0.4) is 0 Å². The van der Waals surface area contributed by atoms with Crippen LogP contribution in [0.25, 0.3) is 0 Å². The van der Waals surface area contributed by atoms with Crippen molar-refractivity contribution in [3.05, 3.63) is 0 Å². The van der Waals surface area contributed by atoms with Gasteiger partial charge in [-0.2, -0.15) is 0 Å². The molecule has 0 bridgehead atoms. The average Bonchev–Trinajstić information content (AvgIpc) is 2.39. The maximum Gasteiger partial charge on any atom is 0.323 e. The highest BCUT2D eigenvalue weighted by Gasteiger charge is 2.51. The molecule has 84 valence electrons. The van der Waals surface area contributed by atoms with E-state index in [9.17, 15) is 4.79 Å². The zero-order chi connectivity index (χ0) is 11.1. The summed E-state index contributed by atoms with van der Waals surface area (Å²) in [6.45, 7) is 4.04. The maximum atomic E-state index is 11.8. The van der Waals surface area contributed by atoms with Gasteiger partial charge in [-0.25, -0.2) is 4.79 Å². The largest absolute Gasteiger partial charge is 0.323 e. The molecular weight excluding hydrogens is 190 g/mol. The molecule has 0 radical (unpaired) electrons. The highest BCUT2D eigenvalue weighted by Crippen LogP contribution is 2.38. The highest BCUT2D eigenvalue weighted by molar-refractivity contribution is 6.08. The number of nitrogens with one attached hydrogen (secondary N) is 2. The zero-order valence-corrected chi connectivity index (χ0v) is 9.47. The van der Waals surface area contributed by atoms with Gasteiger partial charge in [0, 0.05) is 6.04 Å². The van der Waals surface area contributed by atoms with E-state index >= 15 is 0 Å². The third kappa shape index (κ3) is 1.43. The number of carbonyl (C=O) groups is 1. The van der Waals surface area contributed by atoms with Crippen LogP contribution in [-0.4, -0.2) is 28.3 Å². The number of nitrogens with zero attached hydrogens (tertiary/aromatic N) is 1. The fourth-order valence-corrected chi connectivity index (χ4v) is 2.95. The summed E-state index contributed by atoms with van der Waals surface area (Å²) >= 11 is 0. The fraction of sp³-hybridized carbons (Fsp3) is 0.818. The number of hydrogen-bond acceptors (Lipinski definition) is 2. The van der Waals surface area contributed by atoms with Crippen LogP contribution in [0.1, 0.15) is 46.0 Å². The van der Waals surface area contributed by atoms with E-state index in [1.54, 1.807) is 0 Å². The molecule has 2 amide bonds. The van der Waals surface area contributed by atoms with Crippen LogP contribution >= 0.6 is 0 Å². The van der Waals surface area contributed by atoms with Crippen molar-refractivity contribution in [3.8, 4) is 0 Å². The summed E-state index contributed by atoms with van der Waals surface area (Å²) < 4.78 is 0. The molecule has 0 atom stereocenters. The van der Waals surface area contributed by atoms with Gasteiger partial charge >= 0.3 is 6.03 Å². The lowest BCUT2D eigenvalue weighted by molar-refractivity contribution is 0.122. The van der Waals surface area contributed by atoms with Crippen LogP contribution in [0.2, 0.25) is 0 Å². The zero-order valence-electron chi connectivity index (χ0n) is 9.47. The lowest BCUT2D eigenvalue weighted by atomic mass is 9.80. The Morgan fingerprint density at radius 2 is 1.93 bits per heavy atom. The Kier molecular flexibility index (Phi) is 2.44. The molecule has 2 aliphatic rings. The van der Waals surface area contributed by atoms with Crippen LogP contribution in [-0.2, 0) is 0 Å². The topological polar surface area (TPSA) is 56.2 Å². The predicted molar refractivity (Wildman–Crippen MR) is 59.0 cm³/mol. The number of hydrogen-bond donors (Lipinski definition) is 2. The van der Waals surface area contributed by atoms with E-state index in [-0.39, 0.29) is 17.6 Å². The van der Waals surface area contributed by atoms with Crippen LogP contribution in [0.15, 0.2) is 0 Å². The minimum atomic E-state index is -0.302. The number of amidine groups is 1. The van der Waals surface area contributed by atoms with E-state index < -0.39 is 0 Å². The molecule has 2 N–H and O–H groups in total. The second-order valence-corrected chi connectivity index (χ2v) is 4.86. The predicted octanol–water partition coefficient (Wildman–Crippen LogP) is 2.10. The van der Waals surface area contributed by atoms with Gasteiger partial charge in [-0.05, 0) is 26.7 Å². The lowest BCUT2D eigenvalue weighted by Crippen LogP contribution is -2.53. The molecule has 15 heavy (non-hydrogen) atoms. The Hall–Kier alpha value is -1.06. The van der Waals surface area contributed by atoms with Crippen molar-refractivity contribution < 1.29 is 4.79 Å². The molecular formula is C11H19N3O. The first-order chi connectivity index (χ1) is 7.08. The fourth-order valence-electron chi connectivity index (χ4n) is 2.95. The second-order valence-electron chi connectivity index (χ2n) is 4.86. The van der Waals surface area contributed by atoms with E-state index in [4.69, 9.17) is 5.41 Å². The number of urea groups is 1. The normalized spacial score (nSPS) is 25.1. The van der Waals surface area contributed by atoms with Crippen molar-refractivity contribution in [2.75, 3.05) is 0 Å². The van der Waals surface area contributed by atoms with E-state index in [1.807, 2.05) is 18.7 Å². The van der Waals surface area contributed by atoms with E-state index in [1.165, 1.54) is 6.42 Å². The molecule has 2 rings (SSSR count). The third-order valence-electron chi connectivity index (χ3n) is 3.57. The van der Waals surface area contributed by atoms with Crippen LogP contribution < -0.4 is 5.32 Å². The van der Waals surface area contributed by atoms with Gasteiger partial charge in [0.2, 0.25) is 0 Å². The van der Waals surface area contributed by atoms with Crippen molar-refractivity contribution in [2.24, 2.45) is 0 Å². The van der Waals surface area contributed by atoms with Crippen molar-refractivity contribution in [1.82, 2.24) is 10.2 Å². The van der Waals surface area contributed by atoms with Gasteiger partial charge < -0.3 is 4.90 Å². The summed E-state index contributed by atoms with van der Waals surface area (Å²) in [4.78, 5) is 13.6. The monoisotopic (exact) mass is 209 g/mol. The van der Waals surface area contributed by atoms with Gasteiger partial charge in [0.25, 0.3) is 0 Å². The van der Waals surface area contributed by atoms with Crippen molar-refractivity contribution in [3.63, 3.8) is 0 Å². The van der Waals surface area contributed by atoms with Crippen LogP contribution in [0.5, 0.6) is 0 Å². The minimum Gasteiger partial charge on any atom is -0.309 e. The molecule has 1 saturated heterocycles. The van der Waals surface area contributed by atoms with Crippen molar-refractivity contribution >= 4 is 11.9 Å². The van der Waals surface area contributed by atoms with E-state index in [0.29, 0.717) is 5.84 Å². The molecule has 1 heterocycles. The average molecular weight is 209 g/mol. The quantitative estimate of drug-likeness (QED) is 0.682. The molecule has 4 heteroatoms. The van der Waals surface area contributed by atoms with E-state index in [0.717, 1.165) is 25.7 Å². The standard InChI is InChI=1S/C11H19N3O/c1-8(2)14-10(15)13-9(12)11(14)6-4-3-5-7-11/h8H,3-7H2,1-2H3,(H2,12,13,15). The molecule has 0 aromatic heterocycles. The van der Waals surface area contributed by atoms with Crippen molar-refractivity contribution in [1.29, 1.82) is 5.41 Å². The maximum absolute atomic E-state index is 11.8. The minimum absolute atomic E-state index is 0.0862. The summed E-state index contributed by atoms with van der Waals surface area (Å²) in [5.74, 6) is 0.418. The number of amides is 2. The first-order valence-electron chi connectivity index (χ1n) is 5.77. The molecule has 0 aromatic rings. The smallest absolute Gasteiger partial charge is 0.309 e. The Morgan fingerprint density at radius 3 is 2.47 bits per heavy atom. The lowest BCUT2D eigenvalue weighted by Gasteiger charge is -2.41. The summed E-state index contributed by atoms with van der Waals surface area (Å²) in [5.41, 5.74) is -0.302. The Morgan fingerprint density at radius 1 is 1.33 bits per heavy atom. The Balaban J connectivity index is 2.33. The molecule has 1 aliphatic heterocycles. The Bertz CT molecular complexity index is 292. The molecule has 1 spiro atoms. The first-order valence-corrected chi connectivity index (χ1v) is 5.77. The molecule has 0 unspecified atom stereocenters. The van der Waals surface area contributed by atoms with Gasteiger partial charge in [0.1, 0.15) is 11.4 Å². The number of rotatable bonds is 1. The molecule has 0 aromatic carbocycles. The molecule has 1 aliphatic carbocycles. The van der Waals surface area contributed by atoms with Crippen LogP contribution in [0, 0.1) is 5.41 Å². The first kappa shape index (κ1) is 10.5. The molecule has 1 saturated carbocycles. The summed E-state index contributed by atoms with van der Waals surface area (Å²) in [7, 11) is 0. The second kappa shape index (κ2) is 3.51. The van der Waals surface area contributed by atoms with Gasteiger partial charge in [-0.1, -0.05) is 19.3 Å². The summed E-state index contributed by atoms with van der Waals surface area (Å²) in [5, 5.41) is 10.7. The summed E-state index contributed by atoms with van der Waals surface area (Å²) in [6.07, 6.45) is 5.38.